The molecule has 5 amide bonds. The van der Waals surface area contributed by atoms with Gasteiger partial charge in [-0.3, -0.25) is 33.8 Å². The summed E-state index contributed by atoms with van der Waals surface area (Å²) in [6.07, 6.45) is -0.441. The Morgan fingerprint density at radius 2 is 0.980 bits per heavy atom. The van der Waals surface area contributed by atoms with Gasteiger partial charge in [-0.15, -0.1) is 0 Å². The van der Waals surface area contributed by atoms with E-state index in [1.165, 1.54) is 0 Å². The normalized spacial score (nSPS) is 14.8. The number of carbonyl (C=O) groups excluding carboxylic acids is 5. The van der Waals surface area contributed by atoms with Crippen molar-refractivity contribution in [3.63, 3.8) is 0 Å². The average molecular weight is 716 g/mol. The van der Waals surface area contributed by atoms with Crippen LogP contribution < -0.4 is 43.8 Å². The lowest BCUT2D eigenvalue weighted by Gasteiger charge is -2.28. The number of nitrogens with zero attached hydrogens (tertiary/aromatic N) is 1. The third kappa shape index (κ3) is 18.9. The van der Waals surface area contributed by atoms with Crippen LogP contribution in [0.2, 0.25) is 0 Å². The Morgan fingerprint density at radius 1 is 0.600 bits per heavy atom. The van der Waals surface area contributed by atoms with Gasteiger partial charge in [0.05, 0.1) is 13.0 Å². The van der Waals surface area contributed by atoms with E-state index in [2.05, 4.69) is 31.6 Å². The topological polar surface area (TPSA) is 331 Å². The van der Waals surface area contributed by atoms with Gasteiger partial charge >= 0.3 is 11.9 Å². The summed E-state index contributed by atoms with van der Waals surface area (Å²) in [6, 6.07) is -8.07. The molecule has 14 N–H and O–H groups in total. The smallest absolute Gasteiger partial charge is 0.326 e. The number of nitrogens with one attached hydrogen (secondary N) is 5. The van der Waals surface area contributed by atoms with Crippen LogP contribution >= 0.6 is 0 Å². The lowest BCUT2D eigenvalue weighted by atomic mass is 10.00. The van der Waals surface area contributed by atoms with Gasteiger partial charge < -0.3 is 59.1 Å². The molecule has 0 aromatic rings. The maximum atomic E-state index is 13.6. The van der Waals surface area contributed by atoms with Gasteiger partial charge in [0.2, 0.25) is 29.5 Å². The molecule has 0 aromatic heterocycles. The number of hydrogen-bond donors (Lipinski definition) is 11. The van der Waals surface area contributed by atoms with Crippen LogP contribution in [0.4, 0.5) is 0 Å². The van der Waals surface area contributed by atoms with Crippen molar-refractivity contribution in [2.24, 2.45) is 39.9 Å². The van der Waals surface area contributed by atoms with E-state index >= 15 is 0 Å². The van der Waals surface area contributed by atoms with E-state index in [4.69, 9.17) is 17.2 Å². The van der Waals surface area contributed by atoms with Crippen molar-refractivity contribution in [3.05, 3.63) is 0 Å². The minimum Gasteiger partial charge on any atom is -0.481 e. The minimum absolute atomic E-state index is 0.00862. The van der Waals surface area contributed by atoms with Crippen molar-refractivity contribution >= 4 is 47.4 Å². The Labute approximate surface area is 292 Å². The predicted molar refractivity (Wildman–Crippen MR) is 183 cm³/mol. The zero-order valence-electron chi connectivity index (χ0n) is 29.7. The highest BCUT2D eigenvalue weighted by atomic mass is 16.4. The molecule has 0 aromatic carbocycles. The molecule has 0 aliphatic heterocycles. The second-order valence-corrected chi connectivity index (χ2v) is 13.4. The summed E-state index contributed by atoms with van der Waals surface area (Å²) in [5, 5.41) is 40.5. The highest BCUT2D eigenvalue weighted by molar-refractivity contribution is 5.97. The van der Waals surface area contributed by atoms with E-state index in [-0.39, 0.29) is 62.4 Å². The minimum atomic E-state index is -1.69. The molecule has 0 aliphatic rings. The second kappa shape index (κ2) is 23.0. The third-order valence-corrected chi connectivity index (χ3v) is 7.13. The molecule has 0 rings (SSSR count). The first-order chi connectivity index (χ1) is 23.2. The van der Waals surface area contributed by atoms with Gasteiger partial charge in [0.15, 0.2) is 5.96 Å². The zero-order valence-corrected chi connectivity index (χ0v) is 29.7. The number of carboxylic acids is 2. The first-order valence-corrected chi connectivity index (χ1v) is 16.6. The Kier molecular flexibility index (Phi) is 20.9. The number of aliphatic imine (C=N–C) groups is 1. The Balaban J connectivity index is 6.24. The lowest BCUT2D eigenvalue weighted by molar-refractivity contribution is -0.143. The molecule has 286 valence electrons. The van der Waals surface area contributed by atoms with E-state index in [0.717, 1.165) is 0 Å². The van der Waals surface area contributed by atoms with Crippen molar-refractivity contribution in [3.8, 4) is 0 Å². The van der Waals surface area contributed by atoms with Crippen LogP contribution in [0, 0.1) is 17.8 Å². The monoisotopic (exact) mass is 715 g/mol. The molecule has 0 saturated carbocycles. The number of nitrogens with two attached hydrogens (primary N) is 3. The number of amides is 5. The molecule has 0 fully saturated rings. The Morgan fingerprint density at radius 3 is 1.40 bits per heavy atom. The number of carbonyl (C=O) groups is 7. The molecule has 19 nitrogen and oxygen atoms in total. The molecular formula is C31H57N9O10. The molecule has 0 saturated heterocycles. The number of aliphatic hydroxyl groups excluding tert-OH is 1. The van der Waals surface area contributed by atoms with Gasteiger partial charge in [0.25, 0.3) is 0 Å². The quantitative estimate of drug-likeness (QED) is 0.0280. The summed E-state index contributed by atoms with van der Waals surface area (Å²) in [4.78, 5) is 93.2. The van der Waals surface area contributed by atoms with Gasteiger partial charge in [0.1, 0.15) is 36.3 Å². The Bertz CT molecular complexity index is 1190. The fraction of sp³-hybridized carbons (Fsp3) is 0.742. The van der Waals surface area contributed by atoms with Crippen molar-refractivity contribution in [2.75, 3.05) is 13.2 Å². The highest BCUT2D eigenvalue weighted by Crippen LogP contribution is 2.11. The average Bonchev–Trinajstić information content (AvgIpc) is 2.99. The van der Waals surface area contributed by atoms with E-state index in [1.807, 2.05) is 0 Å². The molecule has 0 heterocycles. The largest absolute Gasteiger partial charge is 0.481 e. The van der Waals surface area contributed by atoms with Crippen molar-refractivity contribution in [2.45, 2.75) is 116 Å². The maximum absolute atomic E-state index is 13.6. The van der Waals surface area contributed by atoms with Gasteiger partial charge in [-0.1, -0.05) is 41.5 Å². The standard InChI is InChI=1S/C31H57N9O10/c1-15(2)10-20(37-25(44)18(32)14-41)28(47)39-22(13-24(42)43)29(48)38-21(11-16(3)4)27(46)36-19(8-7-9-35-31(33)34)26(45)40-23(30(49)50)12-17(5)6/h15-23,41H,7-14,32H2,1-6H3,(H,36,46)(H,37,44)(H,38,48)(H,39,47)(H,40,45)(H,42,43)(H,49,50)(H4,33,34,35)/t18-,19-,20-,21-,22-,23-/m0/s1. The second-order valence-electron chi connectivity index (χ2n) is 13.4. The third-order valence-electron chi connectivity index (χ3n) is 7.13. The first-order valence-electron chi connectivity index (χ1n) is 16.6. The molecular weight excluding hydrogens is 658 g/mol. The summed E-state index contributed by atoms with van der Waals surface area (Å²) < 4.78 is 0. The van der Waals surface area contributed by atoms with E-state index < -0.39 is 90.8 Å². The fourth-order valence-corrected chi connectivity index (χ4v) is 4.71. The number of guanidine groups is 1. The van der Waals surface area contributed by atoms with Crippen LogP contribution in [-0.2, 0) is 33.6 Å². The Hall–Kier alpha value is -4.52. The predicted octanol–water partition coefficient (Wildman–Crippen LogP) is -2.52. The highest BCUT2D eigenvalue weighted by Gasteiger charge is 2.34. The lowest BCUT2D eigenvalue weighted by Crippen LogP contribution is -2.60. The van der Waals surface area contributed by atoms with Gasteiger partial charge in [-0.25, -0.2) is 4.79 Å². The van der Waals surface area contributed by atoms with E-state index in [1.54, 1.807) is 41.5 Å². The molecule has 6 atom stereocenters. The summed E-state index contributed by atoms with van der Waals surface area (Å²) >= 11 is 0. The fourth-order valence-electron chi connectivity index (χ4n) is 4.71. The summed E-state index contributed by atoms with van der Waals surface area (Å²) in [6.45, 7) is 9.99. The summed E-state index contributed by atoms with van der Waals surface area (Å²) in [5.41, 5.74) is 16.3. The number of carboxylic acid groups (broad SMARTS) is 2. The number of aliphatic carboxylic acids is 2. The molecule has 0 aliphatic carbocycles. The van der Waals surface area contributed by atoms with Gasteiger partial charge in [0, 0.05) is 6.54 Å². The molecule has 0 unspecified atom stereocenters. The number of hydrogen-bond acceptors (Lipinski definition) is 10. The summed E-state index contributed by atoms with van der Waals surface area (Å²) in [5.74, 6) is -7.69. The van der Waals surface area contributed by atoms with Crippen molar-refractivity contribution < 1.29 is 48.9 Å². The zero-order chi connectivity index (χ0) is 38.7. The van der Waals surface area contributed by atoms with Crippen molar-refractivity contribution in [1.82, 2.24) is 26.6 Å². The number of aliphatic hydroxyl groups is 1. The molecule has 0 spiro atoms. The maximum Gasteiger partial charge on any atom is 0.326 e. The summed E-state index contributed by atoms with van der Waals surface area (Å²) in [7, 11) is 0. The van der Waals surface area contributed by atoms with Crippen LogP contribution in [-0.4, -0.2) is 112 Å². The molecule has 0 radical (unpaired) electrons. The van der Waals surface area contributed by atoms with Crippen molar-refractivity contribution in [1.29, 1.82) is 0 Å². The van der Waals surface area contributed by atoms with Crippen LogP contribution in [0.1, 0.15) is 80.1 Å². The van der Waals surface area contributed by atoms with Gasteiger partial charge in [-0.2, -0.15) is 0 Å². The first kappa shape index (κ1) is 45.5. The molecule has 19 heteroatoms. The van der Waals surface area contributed by atoms with Gasteiger partial charge in [-0.05, 0) is 49.9 Å². The van der Waals surface area contributed by atoms with Crippen LogP contribution in [0.25, 0.3) is 0 Å². The van der Waals surface area contributed by atoms with Crippen LogP contribution in [0.15, 0.2) is 4.99 Å². The SMILES string of the molecule is CC(C)C[C@H](NC(=O)[C@H](CCCN=C(N)N)NC(=O)[C@H](CC(C)C)NC(=O)[C@H](CC(=O)O)NC(=O)[C@H](CC(C)C)NC(=O)[C@@H](N)CO)C(=O)O. The van der Waals surface area contributed by atoms with Crippen LogP contribution in [0.3, 0.4) is 0 Å². The molecule has 0 bridgehead atoms. The van der Waals surface area contributed by atoms with E-state index in [0.29, 0.717) is 0 Å². The molecule has 50 heavy (non-hydrogen) atoms. The number of rotatable bonds is 24. The van der Waals surface area contributed by atoms with E-state index in [9.17, 15) is 48.9 Å². The van der Waals surface area contributed by atoms with Crippen LogP contribution in [0.5, 0.6) is 0 Å².